The van der Waals surface area contributed by atoms with Crippen molar-refractivity contribution in [2.75, 3.05) is 19.7 Å². The Labute approximate surface area is 165 Å². The topological polar surface area (TPSA) is 41.6 Å². The molecule has 0 radical (unpaired) electrons. The number of alkyl halides is 3. The normalized spacial score (nSPS) is 21.0. The summed E-state index contributed by atoms with van der Waals surface area (Å²) in [7, 11) is 0. The number of hydrogen-bond donors (Lipinski definition) is 1. The predicted molar refractivity (Wildman–Crippen MR) is 97.7 cm³/mol. The number of carbonyl (C=O) groups excluding carboxylic acids is 1. The average Bonchev–Trinajstić information content (AvgIpc) is 3.06. The Morgan fingerprint density at radius 1 is 1.21 bits per heavy atom. The largest absolute Gasteiger partial charge is 0.416 e. The van der Waals surface area contributed by atoms with Crippen molar-refractivity contribution in [1.29, 1.82) is 0 Å². The van der Waals surface area contributed by atoms with Gasteiger partial charge in [0.15, 0.2) is 0 Å². The molecule has 1 amide bonds. The molecule has 154 valence electrons. The number of amides is 1. The summed E-state index contributed by atoms with van der Waals surface area (Å²) >= 11 is 0. The third-order valence-electron chi connectivity index (χ3n) is 5.56. The molecular weight excluding hydrogens is 388 g/mol. The Morgan fingerprint density at radius 2 is 2.00 bits per heavy atom. The standard InChI is InChI=1S/C21H20F4N2O2/c1-12(14-7-16(21(23,24)25)9-17(22)8-14)27-4-5-29-19(11-27)13-2-3-18-15(6-13)10-26-20(18)28/h2-3,6-9,12,19H,4-5,10-11H2,1H3,(H,26,28)/t12?,19-/m0/s1. The first-order valence-corrected chi connectivity index (χ1v) is 9.37. The number of ether oxygens (including phenoxy) is 1. The SMILES string of the molecule is CC(c1cc(F)cc(C(F)(F)F)c1)N1CCO[C@H](c2ccc3c(c2)CNC3=O)C1. The number of fused-ring (bicyclic) bond motifs is 1. The summed E-state index contributed by atoms with van der Waals surface area (Å²) in [6.45, 7) is 3.63. The quantitative estimate of drug-likeness (QED) is 0.774. The fraction of sp³-hybridized carbons (Fsp3) is 0.381. The summed E-state index contributed by atoms with van der Waals surface area (Å²) in [5, 5.41) is 2.77. The smallest absolute Gasteiger partial charge is 0.371 e. The van der Waals surface area contributed by atoms with Crippen LogP contribution in [0.15, 0.2) is 36.4 Å². The van der Waals surface area contributed by atoms with Gasteiger partial charge in [-0.25, -0.2) is 4.39 Å². The monoisotopic (exact) mass is 408 g/mol. The maximum Gasteiger partial charge on any atom is 0.416 e. The van der Waals surface area contributed by atoms with Crippen LogP contribution in [0.2, 0.25) is 0 Å². The zero-order valence-electron chi connectivity index (χ0n) is 15.7. The molecular formula is C21H20F4N2O2. The summed E-state index contributed by atoms with van der Waals surface area (Å²) < 4.78 is 58.8. The van der Waals surface area contributed by atoms with Crippen LogP contribution in [-0.4, -0.2) is 30.5 Å². The maximum absolute atomic E-state index is 13.8. The van der Waals surface area contributed by atoms with Crippen molar-refractivity contribution in [3.8, 4) is 0 Å². The van der Waals surface area contributed by atoms with Gasteiger partial charge >= 0.3 is 6.18 Å². The second-order valence-electron chi connectivity index (χ2n) is 7.40. The Morgan fingerprint density at radius 3 is 2.76 bits per heavy atom. The van der Waals surface area contributed by atoms with Crippen LogP contribution in [-0.2, 0) is 17.5 Å². The molecule has 1 saturated heterocycles. The predicted octanol–water partition coefficient (Wildman–Crippen LogP) is 4.22. The van der Waals surface area contributed by atoms with Gasteiger partial charge in [-0.2, -0.15) is 13.2 Å². The van der Waals surface area contributed by atoms with E-state index in [0.717, 1.165) is 23.3 Å². The lowest BCUT2D eigenvalue weighted by molar-refractivity contribution is -0.137. The van der Waals surface area contributed by atoms with E-state index in [0.29, 0.717) is 37.9 Å². The van der Waals surface area contributed by atoms with Crippen molar-refractivity contribution in [2.24, 2.45) is 0 Å². The molecule has 2 heterocycles. The van der Waals surface area contributed by atoms with Gasteiger partial charge in [0.1, 0.15) is 5.82 Å². The number of nitrogens with one attached hydrogen (secondary N) is 1. The maximum atomic E-state index is 13.8. The Balaban J connectivity index is 1.54. The van der Waals surface area contributed by atoms with Crippen LogP contribution in [0.3, 0.4) is 0 Å². The molecule has 4 nitrogen and oxygen atoms in total. The number of halogens is 4. The van der Waals surface area contributed by atoms with Gasteiger partial charge in [-0.3, -0.25) is 9.69 Å². The molecule has 8 heteroatoms. The van der Waals surface area contributed by atoms with Crippen molar-refractivity contribution < 1.29 is 27.1 Å². The molecule has 0 spiro atoms. The molecule has 29 heavy (non-hydrogen) atoms. The number of morpholine rings is 1. The van der Waals surface area contributed by atoms with Gasteiger partial charge < -0.3 is 10.1 Å². The minimum absolute atomic E-state index is 0.0991. The van der Waals surface area contributed by atoms with Crippen LogP contribution in [0.25, 0.3) is 0 Å². The van der Waals surface area contributed by atoms with Crippen molar-refractivity contribution >= 4 is 5.91 Å². The number of benzene rings is 2. The third-order valence-corrected chi connectivity index (χ3v) is 5.56. The molecule has 0 aromatic heterocycles. The molecule has 1 N–H and O–H groups in total. The summed E-state index contributed by atoms with van der Waals surface area (Å²) in [6.07, 6.45) is -4.87. The minimum atomic E-state index is -4.60. The van der Waals surface area contributed by atoms with Crippen LogP contribution in [0.4, 0.5) is 17.6 Å². The molecule has 1 fully saturated rings. The summed E-state index contributed by atoms with van der Waals surface area (Å²) in [4.78, 5) is 13.7. The van der Waals surface area contributed by atoms with Crippen LogP contribution >= 0.6 is 0 Å². The van der Waals surface area contributed by atoms with E-state index < -0.39 is 23.6 Å². The number of hydrogen-bond acceptors (Lipinski definition) is 3. The van der Waals surface area contributed by atoms with Crippen LogP contribution in [0, 0.1) is 5.82 Å². The summed E-state index contributed by atoms with van der Waals surface area (Å²) in [5.41, 5.74) is 1.75. The highest BCUT2D eigenvalue weighted by Gasteiger charge is 2.33. The molecule has 1 unspecified atom stereocenters. The molecule has 0 aliphatic carbocycles. The molecule has 2 aromatic rings. The molecule has 4 rings (SSSR count). The van der Waals surface area contributed by atoms with E-state index in [1.54, 1.807) is 13.0 Å². The van der Waals surface area contributed by atoms with Crippen molar-refractivity contribution in [3.63, 3.8) is 0 Å². The Kier molecular flexibility index (Phi) is 5.08. The number of rotatable bonds is 3. The number of nitrogens with zero attached hydrogens (tertiary/aromatic N) is 1. The third kappa shape index (κ3) is 4.00. The number of carbonyl (C=O) groups is 1. The van der Waals surface area contributed by atoms with Crippen molar-refractivity contribution in [3.05, 3.63) is 70.0 Å². The fourth-order valence-corrected chi connectivity index (χ4v) is 3.90. The molecule has 0 bridgehead atoms. The zero-order chi connectivity index (χ0) is 20.8. The van der Waals surface area contributed by atoms with E-state index in [1.165, 1.54) is 0 Å². The van der Waals surface area contributed by atoms with E-state index in [1.807, 2.05) is 17.0 Å². The van der Waals surface area contributed by atoms with Crippen LogP contribution in [0.1, 0.15) is 51.7 Å². The lowest BCUT2D eigenvalue weighted by atomic mass is 9.99. The summed E-state index contributed by atoms with van der Waals surface area (Å²) in [5.74, 6) is -1.000. The Bertz CT molecular complexity index is 945. The first-order valence-electron chi connectivity index (χ1n) is 9.37. The lowest BCUT2D eigenvalue weighted by Gasteiger charge is -2.37. The van der Waals surface area contributed by atoms with Gasteiger partial charge in [0.05, 0.1) is 18.3 Å². The average molecular weight is 408 g/mol. The molecule has 2 aliphatic heterocycles. The van der Waals surface area contributed by atoms with E-state index in [2.05, 4.69) is 5.32 Å². The second-order valence-corrected chi connectivity index (χ2v) is 7.40. The van der Waals surface area contributed by atoms with Gasteiger partial charge in [-0.1, -0.05) is 12.1 Å². The molecule has 2 aromatic carbocycles. The highest BCUT2D eigenvalue weighted by Crippen LogP contribution is 2.34. The lowest BCUT2D eigenvalue weighted by Crippen LogP contribution is -2.40. The van der Waals surface area contributed by atoms with Crippen molar-refractivity contribution in [2.45, 2.75) is 31.8 Å². The van der Waals surface area contributed by atoms with E-state index >= 15 is 0 Å². The highest BCUT2D eigenvalue weighted by atomic mass is 19.4. The molecule has 0 saturated carbocycles. The van der Waals surface area contributed by atoms with Gasteiger partial charge in [0, 0.05) is 31.2 Å². The van der Waals surface area contributed by atoms with Gasteiger partial charge in [0.25, 0.3) is 5.91 Å². The van der Waals surface area contributed by atoms with E-state index in [9.17, 15) is 22.4 Å². The van der Waals surface area contributed by atoms with Crippen molar-refractivity contribution in [1.82, 2.24) is 10.2 Å². The molecule has 2 atom stereocenters. The van der Waals surface area contributed by atoms with E-state index in [-0.39, 0.29) is 17.6 Å². The zero-order valence-corrected chi connectivity index (χ0v) is 15.7. The first-order chi connectivity index (χ1) is 13.7. The van der Waals surface area contributed by atoms with Crippen LogP contribution < -0.4 is 5.32 Å². The van der Waals surface area contributed by atoms with E-state index in [4.69, 9.17) is 4.74 Å². The first kappa shape index (κ1) is 19.8. The highest BCUT2D eigenvalue weighted by molar-refractivity contribution is 5.98. The fourth-order valence-electron chi connectivity index (χ4n) is 3.90. The second kappa shape index (κ2) is 7.42. The summed E-state index contributed by atoms with van der Waals surface area (Å²) in [6, 6.07) is 7.79. The Hall–Kier alpha value is -2.45. The van der Waals surface area contributed by atoms with Gasteiger partial charge in [-0.15, -0.1) is 0 Å². The minimum Gasteiger partial charge on any atom is -0.371 e. The van der Waals surface area contributed by atoms with Gasteiger partial charge in [-0.05, 0) is 47.9 Å². The van der Waals surface area contributed by atoms with Crippen LogP contribution in [0.5, 0.6) is 0 Å². The molecule has 2 aliphatic rings. The van der Waals surface area contributed by atoms with Gasteiger partial charge in [0.2, 0.25) is 0 Å².